The van der Waals surface area contributed by atoms with Gasteiger partial charge in [0.05, 0.1) is 10.6 Å². The van der Waals surface area contributed by atoms with Crippen LogP contribution in [0, 0.1) is 13.8 Å². The second kappa shape index (κ2) is 10.5. The van der Waals surface area contributed by atoms with Crippen LogP contribution in [0.2, 0.25) is 0 Å². The van der Waals surface area contributed by atoms with Crippen molar-refractivity contribution in [2.75, 3.05) is 15.5 Å². The molecular weight excluding hydrogens is 502 g/mol. The number of imide groups is 1. The van der Waals surface area contributed by atoms with E-state index in [2.05, 4.69) is 10.6 Å². The summed E-state index contributed by atoms with van der Waals surface area (Å²) >= 11 is 2.59. The summed E-state index contributed by atoms with van der Waals surface area (Å²) in [4.78, 5) is 42.3. The molecule has 3 amide bonds. The number of hydrogen-bond acceptors (Lipinski definition) is 6. The van der Waals surface area contributed by atoms with E-state index in [-0.39, 0.29) is 17.5 Å². The Kier molecular flexibility index (Phi) is 6.94. The van der Waals surface area contributed by atoms with Crippen molar-refractivity contribution >= 4 is 57.9 Å². The van der Waals surface area contributed by atoms with Crippen molar-refractivity contribution in [2.45, 2.75) is 18.7 Å². The van der Waals surface area contributed by atoms with E-state index in [1.165, 1.54) is 28.0 Å². The first-order chi connectivity index (χ1) is 17.9. The van der Waals surface area contributed by atoms with E-state index in [9.17, 15) is 14.4 Å². The second-order valence-corrected chi connectivity index (χ2v) is 10.6. The van der Waals surface area contributed by atoms with E-state index in [1.807, 2.05) is 73.8 Å². The van der Waals surface area contributed by atoms with Crippen LogP contribution in [0.15, 0.2) is 106 Å². The fourth-order valence-electron chi connectivity index (χ4n) is 3.75. The zero-order valence-electron chi connectivity index (χ0n) is 20.1. The summed E-state index contributed by atoms with van der Waals surface area (Å²) in [6.45, 7) is 3.94. The van der Waals surface area contributed by atoms with Gasteiger partial charge in [-0.15, -0.1) is 11.3 Å². The lowest BCUT2D eigenvalue weighted by atomic mass is 10.2. The lowest BCUT2D eigenvalue weighted by Crippen LogP contribution is -2.32. The molecule has 0 fully saturated rings. The number of amides is 3. The van der Waals surface area contributed by atoms with Gasteiger partial charge in [-0.25, -0.2) is 4.90 Å². The van der Waals surface area contributed by atoms with E-state index in [1.54, 1.807) is 30.3 Å². The average Bonchev–Trinajstić information content (AvgIpc) is 3.51. The first-order valence-corrected chi connectivity index (χ1v) is 13.2. The third kappa shape index (κ3) is 5.35. The Morgan fingerprint density at radius 1 is 0.784 bits per heavy atom. The van der Waals surface area contributed by atoms with Crippen LogP contribution in [0.4, 0.5) is 17.1 Å². The maximum absolute atomic E-state index is 13.5. The molecular formula is C29H23N3O3S2. The van der Waals surface area contributed by atoms with Gasteiger partial charge in [0.25, 0.3) is 17.7 Å². The smallest absolute Gasteiger partial charge is 0.283 e. The lowest BCUT2D eigenvalue weighted by Gasteiger charge is -2.15. The molecule has 0 radical (unpaired) electrons. The van der Waals surface area contributed by atoms with Gasteiger partial charge in [0, 0.05) is 16.3 Å². The Labute approximate surface area is 223 Å². The number of nitrogens with zero attached hydrogens (tertiary/aromatic N) is 1. The van der Waals surface area contributed by atoms with Crippen molar-refractivity contribution in [3.63, 3.8) is 0 Å². The van der Waals surface area contributed by atoms with Crippen molar-refractivity contribution in [3.05, 3.63) is 117 Å². The third-order valence-electron chi connectivity index (χ3n) is 5.73. The molecule has 8 heteroatoms. The molecule has 0 saturated heterocycles. The minimum Gasteiger partial charge on any atom is -0.350 e. The summed E-state index contributed by atoms with van der Waals surface area (Å²) in [5.41, 5.74) is 4.24. The molecule has 0 spiro atoms. The molecule has 0 saturated carbocycles. The number of carbonyl (C=O) groups excluding carboxylic acids is 3. The SMILES string of the molecule is Cc1ccc(NC2=C(Sc3ccc(NC(=O)c4cccs4)cc3)C(=O)N(c3ccc(C)cc3)C2=O)cc1. The van der Waals surface area contributed by atoms with Crippen LogP contribution >= 0.6 is 23.1 Å². The molecule has 2 heterocycles. The topological polar surface area (TPSA) is 78.5 Å². The molecule has 1 aliphatic rings. The molecule has 184 valence electrons. The number of benzene rings is 3. The maximum Gasteiger partial charge on any atom is 0.283 e. The van der Waals surface area contributed by atoms with Crippen molar-refractivity contribution in [3.8, 4) is 0 Å². The maximum atomic E-state index is 13.5. The van der Waals surface area contributed by atoms with Crippen LogP contribution in [0.1, 0.15) is 20.8 Å². The predicted molar refractivity (Wildman–Crippen MR) is 150 cm³/mol. The highest BCUT2D eigenvalue weighted by Gasteiger charge is 2.40. The van der Waals surface area contributed by atoms with Gasteiger partial charge >= 0.3 is 0 Å². The fourth-order valence-corrected chi connectivity index (χ4v) is 5.29. The minimum atomic E-state index is -0.406. The molecule has 3 aromatic carbocycles. The van der Waals surface area contributed by atoms with E-state index in [4.69, 9.17) is 0 Å². The third-order valence-corrected chi connectivity index (χ3v) is 7.69. The number of anilines is 3. The summed E-state index contributed by atoms with van der Waals surface area (Å²) in [7, 11) is 0. The van der Waals surface area contributed by atoms with E-state index >= 15 is 0 Å². The van der Waals surface area contributed by atoms with E-state index in [0.717, 1.165) is 21.7 Å². The van der Waals surface area contributed by atoms with Crippen LogP contribution in [0.3, 0.4) is 0 Å². The first-order valence-electron chi connectivity index (χ1n) is 11.6. The Morgan fingerprint density at radius 2 is 1.41 bits per heavy atom. The van der Waals surface area contributed by atoms with Gasteiger partial charge in [-0.05, 0) is 73.8 Å². The molecule has 6 nitrogen and oxygen atoms in total. The number of hydrogen-bond donors (Lipinski definition) is 2. The van der Waals surface area contributed by atoms with Gasteiger partial charge < -0.3 is 10.6 Å². The largest absolute Gasteiger partial charge is 0.350 e. The van der Waals surface area contributed by atoms with Crippen molar-refractivity contribution in [2.24, 2.45) is 0 Å². The molecule has 4 aromatic rings. The number of rotatable bonds is 7. The highest BCUT2D eigenvalue weighted by Crippen LogP contribution is 2.38. The number of thiophene rings is 1. The number of nitrogens with one attached hydrogen (secondary N) is 2. The predicted octanol–water partition coefficient (Wildman–Crippen LogP) is 6.61. The van der Waals surface area contributed by atoms with Crippen LogP contribution in [0.25, 0.3) is 0 Å². The Hall–Kier alpha value is -4.14. The van der Waals surface area contributed by atoms with Crippen molar-refractivity contribution in [1.82, 2.24) is 0 Å². The summed E-state index contributed by atoms with van der Waals surface area (Å²) < 4.78 is 0. The normalized spacial score (nSPS) is 13.3. The summed E-state index contributed by atoms with van der Waals surface area (Å²) in [5, 5.41) is 7.89. The Bertz CT molecular complexity index is 1490. The Morgan fingerprint density at radius 3 is 2.03 bits per heavy atom. The number of thioether (sulfide) groups is 1. The van der Waals surface area contributed by atoms with Crippen LogP contribution in [0.5, 0.6) is 0 Å². The van der Waals surface area contributed by atoms with Gasteiger partial charge in [0.1, 0.15) is 10.6 Å². The zero-order valence-corrected chi connectivity index (χ0v) is 21.8. The van der Waals surface area contributed by atoms with Crippen LogP contribution in [-0.4, -0.2) is 17.7 Å². The van der Waals surface area contributed by atoms with Crippen molar-refractivity contribution in [1.29, 1.82) is 0 Å². The van der Waals surface area contributed by atoms with Gasteiger partial charge in [-0.1, -0.05) is 53.2 Å². The first kappa shape index (κ1) is 24.5. The Balaban J connectivity index is 1.42. The molecule has 0 unspecified atom stereocenters. The van der Waals surface area contributed by atoms with Gasteiger partial charge in [-0.2, -0.15) is 0 Å². The molecule has 37 heavy (non-hydrogen) atoms. The van der Waals surface area contributed by atoms with E-state index < -0.39 is 5.91 Å². The number of carbonyl (C=O) groups is 3. The standard InChI is InChI=1S/C29H23N3O3S2/c1-18-5-9-20(10-6-18)30-25-26(29(35)32(28(25)34)22-13-7-19(2)8-14-22)37-23-15-11-21(12-16-23)31-27(33)24-4-3-17-36-24/h3-17,30H,1-2H3,(H,31,33). The quantitative estimate of drug-likeness (QED) is 0.266. The lowest BCUT2D eigenvalue weighted by molar-refractivity contribution is -0.120. The molecule has 1 aliphatic heterocycles. The highest BCUT2D eigenvalue weighted by atomic mass is 32.2. The summed E-state index contributed by atoms with van der Waals surface area (Å²) in [6, 6.07) is 25.7. The van der Waals surface area contributed by atoms with Crippen LogP contribution in [-0.2, 0) is 9.59 Å². The fraction of sp³-hybridized carbons (Fsp3) is 0.0690. The summed E-state index contributed by atoms with van der Waals surface area (Å²) in [6.07, 6.45) is 0. The molecule has 0 atom stereocenters. The average molecular weight is 526 g/mol. The van der Waals surface area contributed by atoms with Gasteiger partial charge in [-0.3, -0.25) is 14.4 Å². The molecule has 2 N–H and O–H groups in total. The molecule has 0 bridgehead atoms. The van der Waals surface area contributed by atoms with Gasteiger partial charge in [0.2, 0.25) is 0 Å². The minimum absolute atomic E-state index is 0.173. The molecule has 0 aliphatic carbocycles. The highest BCUT2D eigenvalue weighted by molar-refractivity contribution is 8.04. The van der Waals surface area contributed by atoms with Gasteiger partial charge in [0.15, 0.2) is 0 Å². The second-order valence-electron chi connectivity index (χ2n) is 8.53. The monoisotopic (exact) mass is 525 g/mol. The number of aryl methyl sites for hydroxylation is 2. The summed E-state index contributed by atoms with van der Waals surface area (Å²) in [5.74, 6) is -0.965. The van der Waals surface area contributed by atoms with E-state index in [0.29, 0.717) is 21.2 Å². The van der Waals surface area contributed by atoms with Crippen LogP contribution < -0.4 is 15.5 Å². The van der Waals surface area contributed by atoms with Crippen molar-refractivity contribution < 1.29 is 14.4 Å². The molecule has 5 rings (SSSR count). The zero-order chi connectivity index (χ0) is 25.9. The molecule has 1 aromatic heterocycles.